The molecule has 104 valence electrons. The fourth-order valence-corrected chi connectivity index (χ4v) is 1.40. The van der Waals surface area contributed by atoms with Gasteiger partial charge in [0.1, 0.15) is 11.3 Å². The number of amides is 1. The Morgan fingerprint density at radius 3 is 2.63 bits per heavy atom. The summed E-state index contributed by atoms with van der Waals surface area (Å²) in [6.07, 6.45) is -0.0204. The maximum atomic E-state index is 11.5. The number of benzene rings is 1. The lowest BCUT2D eigenvalue weighted by molar-refractivity contribution is 0.0695. The molecule has 6 heteroatoms. The van der Waals surface area contributed by atoms with Crippen molar-refractivity contribution in [2.75, 3.05) is 11.9 Å². The van der Waals surface area contributed by atoms with Crippen LogP contribution in [0.1, 0.15) is 30.6 Å². The van der Waals surface area contributed by atoms with Crippen molar-refractivity contribution in [1.29, 1.82) is 0 Å². The van der Waals surface area contributed by atoms with E-state index in [0.717, 1.165) is 6.42 Å². The molecule has 0 bridgehead atoms. The van der Waals surface area contributed by atoms with Crippen molar-refractivity contribution in [3.8, 4) is 5.75 Å². The van der Waals surface area contributed by atoms with Gasteiger partial charge in [-0.3, -0.25) is 5.32 Å². The molecule has 0 saturated heterocycles. The molecule has 1 aromatic carbocycles. The number of anilines is 1. The van der Waals surface area contributed by atoms with Crippen molar-refractivity contribution in [1.82, 2.24) is 0 Å². The molecule has 0 aliphatic carbocycles. The summed E-state index contributed by atoms with van der Waals surface area (Å²) in [5.74, 6) is -1.33. The Hall–Kier alpha value is -2.24. The predicted molar refractivity (Wildman–Crippen MR) is 69.5 cm³/mol. The van der Waals surface area contributed by atoms with Crippen molar-refractivity contribution >= 4 is 17.7 Å². The second-order valence-corrected chi connectivity index (χ2v) is 4.45. The predicted octanol–water partition coefficient (Wildman–Crippen LogP) is 2.69. The number of hydrogen-bond donors (Lipinski definition) is 3. The quantitative estimate of drug-likeness (QED) is 0.762. The van der Waals surface area contributed by atoms with Gasteiger partial charge in [-0.1, -0.05) is 19.9 Å². The molecular weight excluding hydrogens is 250 g/mol. The molecule has 3 N–H and O–H groups in total. The smallest absolute Gasteiger partial charge is 0.411 e. The highest BCUT2D eigenvalue weighted by Gasteiger charge is 2.17. The molecule has 0 saturated carbocycles. The lowest BCUT2D eigenvalue weighted by atomic mass is 10.1. The molecular formula is C13H17NO5. The van der Waals surface area contributed by atoms with Crippen LogP contribution in [0.5, 0.6) is 5.75 Å². The Kier molecular flexibility index (Phi) is 5.17. The Morgan fingerprint density at radius 1 is 1.37 bits per heavy atom. The van der Waals surface area contributed by atoms with Crippen LogP contribution in [0.15, 0.2) is 18.2 Å². The van der Waals surface area contributed by atoms with E-state index in [-0.39, 0.29) is 17.9 Å². The van der Waals surface area contributed by atoms with Crippen LogP contribution in [-0.4, -0.2) is 28.9 Å². The Morgan fingerprint density at radius 2 is 2.05 bits per heavy atom. The third-order valence-electron chi connectivity index (χ3n) is 2.42. The van der Waals surface area contributed by atoms with Crippen molar-refractivity contribution in [2.45, 2.75) is 20.3 Å². The van der Waals surface area contributed by atoms with Gasteiger partial charge in [0.25, 0.3) is 0 Å². The number of nitrogens with one attached hydrogen (secondary N) is 1. The second kappa shape index (κ2) is 6.63. The van der Waals surface area contributed by atoms with Gasteiger partial charge in [0.15, 0.2) is 0 Å². The van der Waals surface area contributed by atoms with E-state index in [4.69, 9.17) is 9.84 Å². The maximum Gasteiger partial charge on any atom is 0.411 e. The SMILES string of the molecule is CC(C)CCOC(=O)Nc1cccc(O)c1C(=O)O. The third-order valence-corrected chi connectivity index (χ3v) is 2.42. The van der Waals surface area contributed by atoms with Crippen LogP contribution < -0.4 is 5.32 Å². The fraction of sp³-hybridized carbons (Fsp3) is 0.385. The number of phenols is 1. The molecule has 6 nitrogen and oxygen atoms in total. The van der Waals surface area contributed by atoms with Crippen molar-refractivity contribution in [2.24, 2.45) is 5.92 Å². The number of ether oxygens (including phenoxy) is 1. The highest BCUT2D eigenvalue weighted by molar-refractivity contribution is 6.01. The largest absolute Gasteiger partial charge is 0.507 e. The zero-order chi connectivity index (χ0) is 14.4. The van der Waals surface area contributed by atoms with Gasteiger partial charge in [0.05, 0.1) is 12.3 Å². The van der Waals surface area contributed by atoms with Crippen LogP contribution in [0.2, 0.25) is 0 Å². The van der Waals surface area contributed by atoms with Gasteiger partial charge in [-0.15, -0.1) is 0 Å². The minimum atomic E-state index is -1.32. The monoisotopic (exact) mass is 267 g/mol. The summed E-state index contributed by atoms with van der Waals surface area (Å²) >= 11 is 0. The molecule has 0 radical (unpaired) electrons. The van der Waals surface area contributed by atoms with Gasteiger partial charge in [-0.2, -0.15) is 0 Å². The first-order chi connectivity index (χ1) is 8.91. The molecule has 1 amide bonds. The van der Waals surface area contributed by atoms with E-state index in [2.05, 4.69) is 5.32 Å². The summed E-state index contributed by atoms with van der Waals surface area (Å²) in [6, 6.07) is 4.05. The molecule has 0 aromatic heterocycles. The Balaban J connectivity index is 2.69. The summed E-state index contributed by atoms with van der Waals surface area (Å²) in [5.41, 5.74) is -0.356. The highest BCUT2D eigenvalue weighted by Crippen LogP contribution is 2.25. The summed E-state index contributed by atoms with van der Waals surface area (Å²) < 4.78 is 4.91. The summed E-state index contributed by atoms with van der Waals surface area (Å²) in [4.78, 5) is 22.4. The zero-order valence-corrected chi connectivity index (χ0v) is 10.8. The minimum absolute atomic E-state index is 0.00190. The van der Waals surface area contributed by atoms with Gasteiger partial charge < -0.3 is 14.9 Å². The molecule has 0 fully saturated rings. The molecule has 0 spiro atoms. The van der Waals surface area contributed by atoms with E-state index < -0.39 is 17.8 Å². The highest BCUT2D eigenvalue weighted by atomic mass is 16.5. The lowest BCUT2D eigenvalue weighted by Crippen LogP contribution is -2.17. The molecule has 0 aliphatic rings. The average molecular weight is 267 g/mol. The maximum absolute atomic E-state index is 11.5. The van der Waals surface area contributed by atoms with Crippen LogP contribution in [0.3, 0.4) is 0 Å². The van der Waals surface area contributed by atoms with E-state index in [1.807, 2.05) is 13.8 Å². The molecule has 1 rings (SSSR count). The summed E-state index contributed by atoms with van der Waals surface area (Å²) in [7, 11) is 0. The standard InChI is InChI=1S/C13H17NO5/c1-8(2)6-7-19-13(18)14-9-4-3-5-10(15)11(9)12(16)17/h3-5,8,15H,6-7H2,1-2H3,(H,14,18)(H,16,17). The molecule has 0 unspecified atom stereocenters. The number of carbonyl (C=O) groups excluding carboxylic acids is 1. The first kappa shape index (κ1) is 14.8. The lowest BCUT2D eigenvalue weighted by Gasteiger charge is -2.10. The third kappa shape index (κ3) is 4.50. The van der Waals surface area contributed by atoms with Crippen molar-refractivity contribution in [3.63, 3.8) is 0 Å². The number of carboxylic acids is 1. The van der Waals surface area contributed by atoms with Gasteiger partial charge >= 0.3 is 12.1 Å². The van der Waals surface area contributed by atoms with Gasteiger partial charge in [-0.25, -0.2) is 9.59 Å². The number of aromatic carboxylic acids is 1. The number of hydrogen-bond acceptors (Lipinski definition) is 4. The van der Waals surface area contributed by atoms with E-state index >= 15 is 0 Å². The van der Waals surface area contributed by atoms with E-state index in [1.54, 1.807) is 0 Å². The Labute approximate surface area is 111 Å². The molecule has 0 aliphatic heterocycles. The van der Waals surface area contributed by atoms with Crippen molar-refractivity contribution < 1.29 is 24.5 Å². The van der Waals surface area contributed by atoms with E-state index in [9.17, 15) is 14.7 Å². The van der Waals surface area contributed by atoms with Gasteiger partial charge in [-0.05, 0) is 24.5 Å². The zero-order valence-electron chi connectivity index (χ0n) is 10.8. The number of rotatable bonds is 5. The molecule has 0 atom stereocenters. The normalized spacial score (nSPS) is 10.3. The van der Waals surface area contributed by atoms with Crippen LogP contribution in [-0.2, 0) is 4.74 Å². The number of carbonyl (C=O) groups is 2. The van der Waals surface area contributed by atoms with Gasteiger partial charge in [0.2, 0.25) is 0 Å². The number of carboxylic acid groups (broad SMARTS) is 1. The molecule has 1 aromatic rings. The first-order valence-electron chi connectivity index (χ1n) is 5.91. The Bertz CT molecular complexity index is 470. The van der Waals surface area contributed by atoms with E-state index in [0.29, 0.717) is 5.92 Å². The van der Waals surface area contributed by atoms with Gasteiger partial charge in [0, 0.05) is 0 Å². The first-order valence-corrected chi connectivity index (χ1v) is 5.91. The fourth-order valence-electron chi connectivity index (χ4n) is 1.40. The summed E-state index contributed by atoms with van der Waals surface area (Å²) in [5, 5.41) is 20.7. The second-order valence-electron chi connectivity index (χ2n) is 4.45. The van der Waals surface area contributed by atoms with Crippen LogP contribution in [0.25, 0.3) is 0 Å². The summed E-state index contributed by atoms with van der Waals surface area (Å²) in [6.45, 7) is 4.25. The topological polar surface area (TPSA) is 95.9 Å². The van der Waals surface area contributed by atoms with E-state index in [1.165, 1.54) is 18.2 Å². The molecule has 0 heterocycles. The van der Waals surface area contributed by atoms with Crippen molar-refractivity contribution in [3.05, 3.63) is 23.8 Å². The number of aromatic hydroxyl groups is 1. The average Bonchev–Trinajstić information content (AvgIpc) is 2.27. The van der Waals surface area contributed by atoms with Crippen LogP contribution in [0.4, 0.5) is 10.5 Å². The minimum Gasteiger partial charge on any atom is -0.507 e. The van der Waals surface area contributed by atoms with Crippen LogP contribution >= 0.6 is 0 Å². The van der Waals surface area contributed by atoms with Crippen LogP contribution in [0, 0.1) is 5.92 Å². The molecule has 19 heavy (non-hydrogen) atoms.